The van der Waals surface area contributed by atoms with Gasteiger partial charge in [0.1, 0.15) is 11.9 Å². The highest BCUT2D eigenvalue weighted by atomic mass is 19.1. The van der Waals surface area contributed by atoms with Gasteiger partial charge in [0, 0.05) is 25.5 Å². The number of hydrogen-bond donors (Lipinski definition) is 0. The second-order valence-corrected chi connectivity index (χ2v) is 5.35. The molecule has 1 aliphatic rings. The molecule has 114 valence electrons. The van der Waals surface area contributed by atoms with Gasteiger partial charge in [-0.15, -0.1) is 0 Å². The van der Waals surface area contributed by atoms with Crippen molar-refractivity contribution in [3.63, 3.8) is 0 Å². The van der Waals surface area contributed by atoms with Gasteiger partial charge in [-0.05, 0) is 31.5 Å². The Bertz CT molecular complexity index is 706. The van der Waals surface area contributed by atoms with Gasteiger partial charge in [-0.25, -0.2) is 14.4 Å². The second kappa shape index (κ2) is 5.71. The molecule has 0 aliphatic carbocycles. The van der Waals surface area contributed by atoms with Crippen molar-refractivity contribution in [2.24, 2.45) is 0 Å². The van der Waals surface area contributed by atoms with Crippen LogP contribution in [0.4, 0.5) is 16.0 Å². The predicted octanol–water partition coefficient (Wildman–Crippen LogP) is 2.17. The third-order valence-corrected chi connectivity index (χ3v) is 3.89. The molecule has 1 aliphatic heterocycles. The third-order valence-electron chi connectivity index (χ3n) is 3.89. The highest BCUT2D eigenvalue weighted by molar-refractivity contribution is 6.01. The van der Waals surface area contributed by atoms with E-state index in [1.165, 1.54) is 11.0 Å². The van der Waals surface area contributed by atoms with Crippen molar-refractivity contribution in [3.8, 4) is 0 Å². The zero-order valence-electron chi connectivity index (χ0n) is 12.5. The molecule has 3 rings (SSSR count). The zero-order valence-corrected chi connectivity index (χ0v) is 12.5. The van der Waals surface area contributed by atoms with Gasteiger partial charge in [0.2, 0.25) is 11.9 Å². The number of nitrogens with zero attached hydrogens (tertiary/aromatic N) is 4. The van der Waals surface area contributed by atoms with Crippen LogP contribution in [0.2, 0.25) is 0 Å². The fourth-order valence-corrected chi connectivity index (χ4v) is 2.68. The van der Waals surface area contributed by atoms with Crippen LogP contribution in [-0.4, -0.2) is 35.5 Å². The van der Waals surface area contributed by atoms with E-state index in [-0.39, 0.29) is 17.8 Å². The minimum atomic E-state index is -0.383. The molecule has 0 N–H and O–H groups in total. The molecule has 0 radical (unpaired) electrons. The van der Waals surface area contributed by atoms with Crippen molar-refractivity contribution in [3.05, 3.63) is 48.0 Å². The van der Waals surface area contributed by atoms with E-state index in [1.807, 2.05) is 6.92 Å². The summed E-state index contributed by atoms with van der Waals surface area (Å²) in [5.41, 5.74) is 1.17. The molecule has 1 atom stereocenters. The van der Waals surface area contributed by atoms with Crippen molar-refractivity contribution in [2.75, 3.05) is 23.4 Å². The van der Waals surface area contributed by atoms with E-state index < -0.39 is 0 Å². The van der Waals surface area contributed by atoms with Crippen LogP contribution in [-0.2, 0) is 4.79 Å². The molecule has 1 aromatic heterocycles. The van der Waals surface area contributed by atoms with Gasteiger partial charge in [0.15, 0.2) is 0 Å². The topological polar surface area (TPSA) is 49.3 Å². The fraction of sp³-hybridized carbons (Fsp3) is 0.312. The molecular formula is C16H17FN4O. The number of aromatic nitrogens is 2. The largest absolute Gasteiger partial charge is 0.332 e. The summed E-state index contributed by atoms with van der Waals surface area (Å²) in [6, 6.07) is 7.76. The van der Waals surface area contributed by atoms with Gasteiger partial charge in [0.05, 0.1) is 5.69 Å². The maximum atomic E-state index is 13.9. The molecule has 0 saturated carbocycles. The Balaban J connectivity index is 1.83. The van der Waals surface area contributed by atoms with E-state index in [0.717, 1.165) is 5.69 Å². The first-order chi connectivity index (χ1) is 10.6. The monoisotopic (exact) mass is 300 g/mol. The number of carbonyl (C=O) groups is 1. The first-order valence-corrected chi connectivity index (χ1v) is 7.16. The van der Waals surface area contributed by atoms with Crippen molar-refractivity contribution < 1.29 is 9.18 Å². The van der Waals surface area contributed by atoms with Crippen molar-refractivity contribution in [1.82, 2.24) is 9.97 Å². The quantitative estimate of drug-likeness (QED) is 0.871. The molecule has 1 saturated heterocycles. The number of halogens is 1. The lowest BCUT2D eigenvalue weighted by atomic mass is 10.2. The summed E-state index contributed by atoms with van der Waals surface area (Å²) in [6.45, 7) is 2.36. The van der Waals surface area contributed by atoms with Crippen LogP contribution in [0.5, 0.6) is 0 Å². The third kappa shape index (κ3) is 2.52. The molecule has 1 fully saturated rings. The number of carbonyl (C=O) groups excluding carboxylic acids is 1. The van der Waals surface area contributed by atoms with Gasteiger partial charge in [-0.1, -0.05) is 12.1 Å². The van der Waals surface area contributed by atoms with E-state index in [9.17, 15) is 9.18 Å². The van der Waals surface area contributed by atoms with E-state index in [4.69, 9.17) is 0 Å². The van der Waals surface area contributed by atoms with Crippen molar-refractivity contribution >= 4 is 17.5 Å². The first kappa shape index (κ1) is 14.4. The Morgan fingerprint density at radius 2 is 2.09 bits per heavy atom. The SMILES string of the molecule is Cc1ccnc(N(C)C2CCN(c3ccccc3F)C2=O)n1. The standard InChI is InChI=1S/C16H17FN4O/c1-11-7-9-18-16(19-11)20(2)14-8-10-21(15(14)22)13-6-4-3-5-12(13)17/h3-7,9,14H,8,10H2,1-2H3. The lowest BCUT2D eigenvalue weighted by molar-refractivity contribution is -0.118. The van der Waals surface area contributed by atoms with Crippen LogP contribution in [0.15, 0.2) is 36.5 Å². The molecule has 2 aromatic rings. The Morgan fingerprint density at radius 1 is 1.32 bits per heavy atom. The molecule has 5 nitrogen and oxygen atoms in total. The normalized spacial score (nSPS) is 17.9. The van der Waals surface area contributed by atoms with Gasteiger partial charge in [0.25, 0.3) is 0 Å². The number of amides is 1. The Hall–Kier alpha value is -2.50. The van der Waals surface area contributed by atoms with E-state index >= 15 is 0 Å². The van der Waals surface area contributed by atoms with Crippen LogP contribution in [0.3, 0.4) is 0 Å². The van der Waals surface area contributed by atoms with Crippen LogP contribution >= 0.6 is 0 Å². The summed E-state index contributed by atoms with van der Waals surface area (Å²) in [5.74, 6) is -0.00241. The van der Waals surface area contributed by atoms with E-state index in [0.29, 0.717) is 24.6 Å². The predicted molar refractivity (Wildman–Crippen MR) is 82.3 cm³/mol. The summed E-state index contributed by atoms with van der Waals surface area (Å²) in [4.78, 5) is 24.4. The fourth-order valence-electron chi connectivity index (χ4n) is 2.68. The average Bonchev–Trinajstić information content (AvgIpc) is 2.88. The van der Waals surface area contributed by atoms with Gasteiger partial charge < -0.3 is 9.80 Å². The lowest BCUT2D eigenvalue weighted by Gasteiger charge is -2.24. The smallest absolute Gasteiger partial charge is 0.249 e. The number of para-hydroxylation sites is 1. The van der Waals surface area contributed by atoms with Crippen LogP contribution in [0.1, 0.15) is 12.1 Å². The molecule has 6 heteroatoms. The van der Waals surface area contributed by atoms with Crippen LogP contribution in [0.25, 0.3) is 0 Å². The van der Waals surface area contributed by atoms with Gasteiger partial charge in [-0.2, -0.15) is 0 Å². The molecular weight excluding hydrogens is 283 g/mol. The summed E-state index contributed by atoms with van der Waals surface area (Å²) in [5, 5.41) is 0. The maximum absolute atomic E-state index is 13.9. The van der Waals surface area contributed by atoms with Crippen molar-refractivity contribution in [1.29, 1.82) is 0 Å². The number of anilines is 2. The minimum Gasteiger partial charge on any atom is -0.332 e. The number of rotatable bonds is 3. The Labute approximate surface area is 128 Å². The average molecular weight is 300 g/mol. The van der Waals surface area contributed by atoms with Crippen LogP contribution in [0, 0.1) is 12.7 Å². The highest BCUT2D eigenvalue weighted by Gasteiger charge is 2.37. The number of aryl methyl sites for hydroxylation is 1. The minimum absolute atomic E-state index is 0.127. The summed E-state index contributed by atoms with van der Waals surface area (Å²) in [7, 11) is 1.79. The van der Waals surface area contributed by atoms with E-state index in [1.54, 1.807) is 42.4 Å². The highest BCUT2D eigenvalue weighted by Crippen LogP contribution is 2.27. The molecule has 2 heterocycles. The molecule has 1 aromatic carbocycles. The van der Waals surface area contributed by atoms with Gasteiger partial charge >= 0.3 is 0 Å². The van der Waals surface area contributed by atoms with Crippen LogP contribution < -0.4 is 9.80 Å². The molecule has 22 heavy (non-hydrogen) atoms. The summed E-state index contributed by atoms with van der Waals surface area (Å²) in [6.07, 6.45) is 2.28. The summed E-state index contributed by atoms with van der Waals surface area (Å²) >= 11 is 0. The van der Waals surface area contributed by atoms with Gasteiger partial charge in [-0.3, -0.25) is 4.79 Å². The summed E-state index contributed by atoms with van der Waals surface area (Å²) < 4.78 is 13.9. The molecule has 0 spiro atoms. The molecule has 1 amide bonds. The zero-order chi connectivity index (χ0) is 15.7. The first-order valence-electron chi connectivity index (χ1n) is 7.16. The van der Waals surface area contributed by atoms with E-state index in [2.05, 4.69) is 9.97 Å². The number of likely N-dealkylation sites (N-methyl/N-ethyl adjacent to an activating group) is 1. The molecule has 1 unspecified atom stereocenters. The number of hydrogen-bond acceptors (Lipinski definition) is 4. The van der Waals surface area contributed by atoms with Crippen molar-refractivity contribution in [2.45, 2.75) is 19.4 Å². The number of benzene rings is 1. The lowest BCUT2D eigenvalue weighted by Crippen LogP contribution is -2.40. The Morgan fingerprint density at radius 3 is 2.82 bits per heavy atom. The second-order valence-electron chi connectivity index (χ2n) is 5.35. The Kier molecular flexibility index (Phi) is 3.75. The molecule has 0 bridgehead atoms. The maximum Gasteiger partial charge on any atom is 0.249 e.